The van der Waals surface area contributed by atoms with Gasteiger partial charge in [-0.15, -0.1) is 10.0 Å². The highest BCUT2D eigenvalue weighted by Gasteiger charge is 2.43. The van der Waals surface area contributed by atoms with E-state index in [0.29, 0.717) is 17.5 Å². The normalized spacial score (nSPS) is 13.1. The van der Waals surface area contributed by atoms with Crippen molar-refractivity contribution in [3.8, 4) is 67.5 Å². The smallest absolute Gasteiger partial charge is 0.164 e. The molecule has 8 aromatic carbocycles. The molecule has 1 aromatic heterocycles. The molecule has 0 amide bonds. The summed E-state index contributed by atoms with van der Waals surface area (Å²) in [6.07, 6.45) is 0. The summed E-state index contributed by atoms with van der Waals surface area (Å²) >= 11 is 0. The number of benzene rings is 8. The highest BCUT2D eigenvalue weighted by Crippen LogP contribution is 2.80. The molecule has 55 heavy (non-hydrogen) atoms. The van der Waals surface area contributed by atoms with E-state index in [1.54, 1.807) is 0 Å². The third-order valence-corrected chi connectivity index (χ3v) is 14.4. The van der Waals surface area contributed by atoms with Crippen molar-refractivity contribution in [2.24, 2.45) is 0 Å². The summed E-state index contributed by atoms with van der Waals surface area (Å²) in [5.74, 6) is 1.92. The maximum Gasteiger partial charge on any atom is 0.164 e. The van der Waals surface area contributed by atoms with Crippen LogP contribution in [0.1, 0.15) is 0 Å². The van der Waals surface area contributed by atoms with E-state index in [2.05, 4.69) is 188 Å². The summed E-state index contributed by atoms with van der Waals surface area (Å²) in [6, 6.07) is 75.7. The predicted molar refractivity (Wildman–Crippen MR) is 226 cm³/mol. The predicted octanol–water partition coefficient (Wildman–Crippen LogP) is 13.5. The molecule has 0 unspecified atom stereocenters. The fraction of sp³-hybridized carbons (Fsp3) is 0. The fourth-order valence-electron chi connectivity index (χ4n) is 7.94. The Morgan fingerprint density at radius 1 is 0.255 bits per heavy atom. The lowest BCUT2D eigenvalue weighted by atomic mass is 9.91. The molecule has 0 saturated heterocycles. The van der Waals surface area contributed by atoms with Crippen LogP contribution in [-0.2, 0) is 0 Å². The van der Waals surface area contributed by atoms with Crippen LogP contribution in [0.5, 0.6) is 0 Å². The lowest BCUT2D eigenvalue weighted by molar-refractivity contribution is 1.07. The zero-order chi connectivity index (χ0) is 36.6. The van der Waals surface area contributed by atoms with Crippen LogP contribution in [0.3, 0.4) is 0 Å². The van der Waals surface area contributed by atoms with Gasteiger partial charge in [0.05, 0.1) is 0 Å². The lowest BCUT2D eigenvalue weighted by Crippen LogP contribution is -2.02. The van der Waals surface area contributed by atoms with Gasteiger partial charge < -0.3 is 0 Å². The average Bonchev–Trinajstić information content (AvgIpc) is 3.59. The van der Waals surface area contributed by atoms with Gasteiger partial charge in [-0.1, -0.05) is 176 Å². The van der Waals surface area contributed by atoms with E-state index in [9.17, 15) is 0 Å². The topological polar surface area (TPSA) is 38.7 Å². The highest BCUT2D eigenvalue weighted by molar-refractivity contribution is 8.34. The lowest BCUT2D eigenvalue weighted by Gasteiger charge is -2.39. The Bertz CT molecular complexity index is 2750. The van der Waals surface area contributed by atoms with E-state index in [4.69, 9.17) is 15.0 Å². The molecule has 260 valence electrons. The number of hydrogen-bond acceptors (Lipinski definition) is 3. The second-order valence-electron chi connectivity index (χ2n) is 13.6. The van der Waals surface area contributed by atoms with Crippen LogP contribution < -0.4 is 0 Å². The number of hydrogen-bond donors (Lipinski definition) is 0. The first-order chi connectivity index (χ1) is 27.3. The van der Waals surface area contributed by atoms with Gasteiger partial charge in [0.25, 0.3) is 0 Å². The summed E-state index contributed by atoms with van der Waals surface area (Å²) < 4.78 is 0. The zero-order valence-electron chi connectivity index (χ0n) is 30.0. The molecule has 9 aromatic rings. The molecule has 1 aliphatic rings. The zero-order valence-corrected chi connectivity index (χ0v) is 30.8. The Hall–Kier alpha value is -6.88. The fourth-order valence-corrected chi connectivity index (χ4v) is 12.2. The van der Waals surface area contributed by atoms with Crippen molar-refractivity contribution in [1.29, 1.82) is 0 Å². The molecule has 2 heterocycles. The summed E-state index contributed by atoms with van der Waals surface area (Å²) in [4.78, 5) is 20.8. The van der Waals surface area contributed by atoms with Gasteiger partial charge in [-0.2, -0.15) is 0 Å². The second-order valence-corrected chi connectivity index (χ2v) is 16.6. The van der Waals surface area contributed by atoms with Crippen LogP contribution in [0.15, 0.2) is 232 Å². The molecule has 4 heteroatoms. The summed E-state index contributed by atoms with van der Waals surface area (Å²) in [6.45, 7) is 0. The Kier molecular flexibility index (Phi) is 8.24. The Labute approximate surface area is 323 Å². The van der Waals surface area contributed by atoms with E-state index in [1.165, 1.54) is 36.3 Å². The summed E-state index contributed by atoms with van der Waals surface area (Å²) in [5.41, 5.74) is 9.94. The monoisotopic (exact) mass is 721 g/mol. The first-order valence-corrected chi connectivity index (χ1v) is 20.2. The quantitative estimate of drug-likeness (QED) is 0.164. The van der Waals surface area contributed by atoms with Crippen molar-refractivity contribution in [3.63, 3.8) is 0 Å². The molecule has 0 spiro atoms. The van der Waals surface area contributed by atoms with Crippen molar-refractivity contribution in [1.82, 2.24) is 15.0 Å². The molecule has 1 aliphatic heterocycles. The molecule has 10 rings (SSSR count). The molecular weight excluding hydrogens is 687 g/mol. The third-order valence-electron chi connectivity index (χ3n) is 10.4. The van der Waals surface area contributed by atoms with E-state index < -0.39 is 10.0 Å². The maximum absolute atomic E-state index is 5.23. The SMILES string of the molecule is c1ccc(-c2ccc(-c3nc(-c4ccccc4)nc(-c4ccccc4-c4cccc5c4-c4ccccc4S5(c4ccccc4)c4ccccc4)n3)cc2)cc1. The Morgan fingerprint density at radius 2 is 0.655 bits per heavy atom. The molecule has 0 bridgehead atoms. The van der Waals surface area contributed by atoms with Crippen molar-refractivity contribution in [2.75, 3.05) is 0 Å². The first-order valence-electron chi connectivity index (χ1n) is 18.5. The van der Waals surface area contributed by atoms with Crippen LogP contribution in [-0.4, -0.2) is 15.0 Å². The molecule has 3 nitrogen and oxygen atoms in total. The van der Waals surface area contributed by atoms with E-state index in [0.717, 1.165) is 33.4 Å². The van der Waals surface area contributed by atoms with Crippen molar-refractivity contribution in [2.45, 2.75) is 19.6 Å². The minimum atomic E-state index is -1.80. The first kappa shape index (κ1) is 32.7. The van der Waals surface area contributed by atoms with Gasteiger partial charge in [0, 0.05) is 41.8 Å². The number of fused-ring (bicyclic) bond motifs is 3. The minimum absolute atomic E-state index is 0.638. The van der Waals surface area contributed by atoms with Gasteiger partial charge in [-0.25, -0.2) is 15.0 Å². The number of nitrogens with zero attached hydrogens (tertiary/aromatic N) is 3. The van der Waals surface area contributed by atoms with Crippen LogP contribution >= 0.6 is 10.0 Å². The van der Waals surface area contributed by atoms with Gasteiger partial charge in [0.1, 0.15) is 0 Å². The van der Waals surface area contributed by atoms with Gasteiger partial charge in [-0.05, 0) is 64.2 Å². The van der Waals surface area contributed by atoms with Crippen LogP contribution in [0.2, 0.25) is 0 Å². The molecular formula is C51H35N3S. The minimum Gasteiger partial charge on any atom is -0.208 e. The largest absolute Gasteiger partial charge is 0.208 e. The standard InChI is InChI=1S/C51H35N3S/c1-5-18-36(19-6-1)37-32-34-39(35-33-37)50-52-49(38-20-7-2-8-21-38)53-51(54-50)44-27-14-13-26-42(44)43-29-17-31-47-48(43)45-28-15-16-30-46(45)55(47,40-22-9-3-10-23-40)41-24-11-4-12-25-41/h1-35H. The van der Waals surface area contributed by atoms with Crippen molar-refractivity contribution >= 4 is 10.0 Å². The molecule has 0 fully saturated rings. The Morgan fingerprint density at radius 3 is 1.27 bits per heavy atom. The van der Waals surface area contributed by atoms with Crippen LogP contribution in [0.4, 0.5) is 0 Å². The van der Waals surface area contributed by atoms with Gasteiger partial charge in [0.15, 0.2) is 17.5 Å². The van der Waals surface area contributed by atoms with Gasteiger partial charge in [0.2, 0.25) is 0 Å². The number of aromatic nitrogens is 3. The van der Waals surface area contributed by atoms with Crippen molar-refractivity contribution in [3.05, 3.63) is 212 Å². The van der Waals surface area contributed by atoms with E-state index >= 15 is 0 Å². The Balaban J connectivity index is 1.19. The van der Waals surface area contributed by atoms with E-state index in [1.807, 2.05) is 24.3 Å². The molecule has 0 N–H and O–H groups in total. The molecule has 0 saturated carbocycles. The third kappa shape index (κ3) is 5.58. The summed E-state index contributed by atoms with van der Waals surface area (Å²) in [7, 11) is -1.80. The average molecular weight is 722 g/mol. The van der Waals surface area contributed by atoms with Crippen molar-refractivity contribution < 1.29 is 0 Å². The molecule has 0 radical (unpaired) electrons. The summed E-state index contributed by atoms with van der Waals surface area (Å²) in [5, 5.41) is 0. The second kappa shape index (κ2) is 13.8. The van der Waals surface area contributed by atoms with E-state index in [-0.39, 0.29) is 0 Å². The van der Waals surface area contributed by atoms with Crippen LogP contribution in [0.25, 0.3) is 67.5 Å². The van der Waals surface area contributed by atoms with Gasteiger partial charge in [-0.3, -0.25) is 0 Å². The highest BCUT2D eigenvalue weighted by atomic mass is 32.3. The van der Waals surface area contributed by atoms with Crippen LogP contribution in [0, 0.1) is 0 Å². The van der Waals surface area contributed by atoms with Gasteiger partial charge >= 0.3 is 0 Å². The molecule has 0 atom stereocenters. The number of rotatable bonds is 7. The molecule has 0 aliphatic carbocycles. The maximum atomic E-state index is 5.23.